The van der Waals surface area contributed by atoms with Crippen LogP contribution in [0.15, 0.2) is 18.2 Å². The van der Waals surface area contributed by atoms with E-state index < -0.39 is 30.3 Å². The molecule has 0 saturated carbocycles. The number of para-hydroxylation sites is 1. The molecule has 102 valence electrons. The van der Waals surface area contributed by atoms with Crippen LogP contribution in [0.4, 0.5) is 5.69 Å². The number of nitrogens with one attached hydrogen (secondary N) is 1. The lowest BCUT2D eigenvalue weighted by atomic mass is 10.1. The van der Waals surface area contributed by atoms with Gasteiger partial charge in [-0.25, -0.2) is 4.79 Å². The van der Waals surface area contributed by atoms with E-state index >= 15 is 0 Å². The van der Waals surface area contributed by atoms with Gasteiger partial charge in [0.2, 0.25) is 0 Å². The van der Waals surface area contributed by atoms with Crippen LogP contribution in [-0.2, 0) is 9.59 Å². The molecule has 0 bridgehead atoms. The Labute approximate surface area is 113 Å². The van der Waals surface area contributed by atoms with Crippen LogP contribution in [0.25, 0.3) is 0 Å². The van der Waals surface area contributed by atoms with E-state index in [1.807, 2.05) is 0 Å². The van der Waals surface area contributed by atoms with Crippen LogP contribution in [0.5, 0.6) is 0 Å². The fraction of sp³-hybridized carbons (Fsp3) is 0.182. The lowest BCUT2D eigenvalue weighted by Crippen LogP contribution is -2.42. The monoisotopic (exact) mass is 286 g/mol. The highest BCUT2D eigenvalue weighted by Gasteiger charge is 2.24. The number of aliphatic carboxylic acids is 2. The molecule has 7 nitrogen and oxygen atoms in total. The largest absolute Gasteiger partial charge is 0.481 e. The van der Waals surface area contributed by atoms with Gasteiger partial charge in [0.15, 0.2) is 0 Å². The zero-order valence-corrected chi connectivity index (χ0v) is 10.3. The van der Waals surface area contributed by atoms with Gasteiger partial charge in [0.25, 0.3) is 5.91 Å². The second-order valence-corrected chi connectivity index (χ2v) is 4.07. The van der Waals surface area contributed by atoms with Gasteiger partial charge in [-0.2, -0.15) is 0 Å². The highest BCUT2D eigenvalue weighted by atomic mass is 35.5. The fourth-order valence-corrected chi connectivity index (χ4v) is 1.52. The fourth-order valence-electron chi connectivity index (χ4n) is 1.35. The van der Waals surface area contributed by atoms with Gasteiger partial charge >= 0.3 is 11.9 Å². The first-order chi connectivity index (χ1) is 8.82. The number of halogens is 1. The van der Waals surface area contributed by atoms with Crippen LogP contribution in [0.2, 0.25) is 5.02 Å². The molecule has 0 aromatic heterocycles. The minimum atomic E-state index is -1.54. The molecule has 0 heterocycles. The number of nitrogen functional groups attached to an aromatic ring is 1. The number of carboxylic acid groups (broad SMARTS) is 2. The zero-order chi connectivity index (χ0) is 14.6. The Morgan fingerprint density at radius 3 is 2.47 bits per heavy atom. The average Bonchev–Trinajstić information content (AvgIpc) is 2.31. The molecule has 0 aliphatic rings. The smallest absolute Gasteiger partial charge is 0.326 e. The van der Waals surface area contributed by atoms with Crippen molar-refractivity contribution in [3.05, 3.63) is 28.8 Å². The van der Waals surface area contributed by atoms with Gasteiger partial charge in [0.1, 0.15) is 6.04 Å². The molecule has 1 aromatic carbocycles. The van der Waals surface area contributed by atoms with Gasteiger partial charge in [0, 0.05) is 0 Å². The summed E-state index contributed by atoms with van der Waals surface area (Å²) in [5, 5.41) is 19.6. The van der Waals surface area contributed by atoms with Crippen LogP contribution in [0.3, 0.4) is 0 Å². The van der Waals surface area contributed by atoms with Crippen molar-refractivity contribution in [2.24, 2.45) is 0 Å². The summed E-state index contributed by atoms with van der Waals surface area (Å²) in [6.45, 7) is 0. The van der Waals surface area contributed by atoms with Crippen molar-refractivity contribution in [1.82, 2.24) is 5.32 Å². The summed E-state index contributed by atoms with van der Waals surface area (Å²) < 4.78 is 0. The number of nitrogens with two attached hydrogens (primary N) is 1. The number of hydrogen-bond donors (Lipinski definition) is 4. The molecule has 0 aliphatic heterocycles. The Morgan fingerprint density at radius 1 is 1.32 bits per heavy atom. The lowest BCUT2D eigenvalue weighted by Gasteiger charge is -2.13. The van der Waals surface area contributed by atoms with Crippen molar-refractivity contribution in [2.75, 3.05) is 5.73 Å². The molecule has 1 aromatic rings. The van der Waals surface area contributed by atoms with E-state index in [0.29, 0.717) is 0 Å². The van der Waals surface area contributed by atoms with Crippen molar-refractivity contribution in [3.63, 3.8) is 0 Å². The Kier molecular flexibility index (Phi) is 4.71. The number of carbonyl (C=O) groups excluding carboxylic acids is 1. The highest BCUT2D eigenvalue weighted by Crippen LogP contribution is 2.22. The molecule has 1 amide bonds. The number of rotatable bonds is 5. The molecule has 0 fully saturated rings. The molecule has 0 aliphatic carbocycles. The molecule has 1 rings (SSSR count). The molecular weight excluding hydrogens is 276 g/mol. The molecule has 0 spiro atoms. The first-order valence-electron chi connectivity index (χ1n) is 5.12. The summed E-state index contributed by atoms with van der Waals surface area (Å²) in [6, 6.07) is 2.76. The summed E-state index contributed by atoms with van der Waals surface area (Å²) >= 11 is 5.73. The Hall–Kier alpha value is -2.28. The quantitative estimate of drug-likeness (QED) is 0.586. The van der Waals surface area contributed by atoms with Crippen molar-refractivity contribution >= 4 is 35.1 Å². The van der Waals surface area contributed by atoms with E-state index in [1.54, 1.807) is 0 Å². The average molecular weight is 287 g/mol. The molecule has 19 heavy (non-hydrogen) atoms. The maximum atomic E-state index is 11.8. The third-order valence-electron chi connectivity index (χ3n) is 2.28. The van der Waals surface area contributed by atoms with Crippen molar-refractivity contribution < 1.29 is 24.6 Å². The van der Waals surface area contributed by atoms with Crippen LogP contribution < -0.4 is 11.1 Å². The summed E-state index contributed by atoms with van der Waals surface area (Å²) in [6.07, 6.45) is -0.735. The normalized spacial score (nSPS) is 11.6. The van der Waals surface area contributed by atoms with Gasteiger partial charge < -0.3 is 21.3 Å². The molecule has 0 saturated heterocycles. The first kappa shape index (κ1) is 14.8. The second-order valence-electron chi connectivity index (χ2n) is 3.66. The van der Waals surface area contributed by atoms with E-state index in [2.05, 4.69) is 5.32 Å². The van der Waals surface area contributed by atoms with Crippen LogP contribution >= 0.6 is 11.6 Å². The molecule has 1 atom stereocenters. The molecule has 8 heteroatoms. The number of carboxylic acids is 2. The van der Waals surface area contributed by atoms with Crippen LogP contribution in [0.1, 0.15) is 16.8 Å². The SMILES string of the molecule is Nc1c(Cl)cccc1C(=O)NC(CC(=O)O)C(=O)O. The van der Waals surface area contributed by atoms with Crippen LogP contribution in [0, 0.1) is 0 Å². The van der Waals surface area contributed by atoms with Crippen molar-refractivity contribution in [1.29, 1.82) is 0 Å². The topological polar surface area (TPSA) is 130 Å². The predicted octanol–water partition coefficient (Wildman–Crippen LogP) is 0.580. The number of amides is 1. The predicted molar refractivity (Wildman–Crippen MR) is 67.0 cm³/mol. The first-order valence-corrected chi connectivity index (χ1v) is 5.50. The van der Waals surface area contributed by atoms with Crippen molar-refractivity contribution in [2.45, 2.75) is 12.5 Å². The van der Waals surface area contributed by atoms with E-state index in [-0.39, 0.29) is 16.3 Å². The van der Waals surface area contributed by atoms with E-state index in [1.165, 1.54) is 18.2 Å². The third-order valence-corrected chi connectivity index (χ3v) is 2.61. The summed E-state index contributed by atoms with van der Waals surface area (Å²) in [7, 11) is 0. The summed E-state index contributed by atoms with van der Waals surface area (Å²) in [5.74, 6) is -3.59. The van der Waals surface area contributed by atoms with Gasteiger partial charge in [-0.1, -0.05) is 17.7 Å². The van der Waals surface area contributed by atoms with E-state index in [9.17, 15) is 14.4 Å². The molecule has 0 radical (unpaired) electrons. The lowest BCUT2D eigenvalue weighted by molar-refractivity contribution is -0.145. The maximum Gasteiger partial charge on any atom is 0.326 e. The number of benzene rings is 1. The molecule has 5 N–H and O–H groups in total. The molecule has 1 unspecified atom stereocenters. The van der Waals surface area contributed by atoms with E-state index in [4.69, 9.17) is 27.5 Å². The minimum Gasteiger partial charge on any atom is -0.481 e. The minimum absolute atomic E-state index is 0.00105. The zero-order valence-electron chi connectivity index (χ0n) is 9.59. The van der Waals surface area contributed by atoms with Gasteiger partial charge in [-0.15, -0.1) is 0 Å². The number of hydrogen-bond acceptors (Lipinski definition) is 4. The van der Waals surface area contributed by atoms with E-state index in [0.717, 1.165) is 0 Å². The van der Waals surface area contributed by atoms with Crippen molar-refractivity contribution in [3.8, 4) is 0 Å². The van der Waals surface area contributed by atoms with Gasteiger partial charge in [-0.3, -0.25) is 9.59 Å². The Balaban J connectivity index is 2.91. The highest BCUT2D eigenvalue weighted by molar-refractivity contribution is 6.34. The Bertz CT molecular complexity index is 532. The third kappa shape index (κ3) is 3.85. The van der Waals surface area contributed by atoms with Gasteiger partial charge in [0.05, 0.1) is 22.7 Å². The summed E-state index contributed by atoms with van der Waals surface area (Å²) in [5.41, 5.74) is 5.57. The molecular formula is C11H11ClN2O5. The number of anilines is 1. The summed E-state index contributed by atoms with van der Waals surface area (Å²) in [4.78, 5) is 33.1. The second kappa shape index (κ2) is 6.05. The Morgan fingerprint density at radius 2 is 1.95 bits per heavy atom. The standard InChI is InChI=1S/C11H11ClN2O5/c12-6-3-1-2-5(9(6)13)10(17)14-7(11(18)19)4-8(15)16/h1-3,7H,4,13H2,(H,14,17)(H,15,16)(H,18,19). The van der Waals surface area contributed by atoms with Gasteiger partial charge in [-0.05, 0) is 12.1 Å². The van der Waals surface area contributed by atoms with Crippen LogP contribution in [-0.4, -0.2) is 34.1 Å². The number of carbonyl (C=O) groups is 3. The maximum absolute atomic E-state index is 11.8.